The van der Waals surface area contributed by atoms with Gasteiger partial charge >= 0.3 is 0 Å². The molecular weight excluding hydrogens is 369 g/mol. The van der Waals surface area contributed by atoms with Gasteiger partial charge in [-0.3, -0.25) is 4.79 Å². The van der Waals surface area contributed by atoms with Gasteiger partial charge in [-0.2, -0.15) is 0 Å². The molecule has 3 rings (SSSR count). The van der Waals surface area contributed by atoms with Crippen LogP contribution >= 0.6 is 33.9 Å². The zero-order valence-corrected chi connectivity index (χ0v) is 13.3. The first-order valence-electron chi connectivity index (χ1n) is 6.37. The van der Waals surface area contributed by atoms with E-state index in [0.29, 0.717) is 0 Å². The normalized spacial score (nSPS) is 17.8. The van der Waals surface area contributed by atoms with Gasteiger partial charge in [0.05, 0.1) is 14.5 Å². The molecule has 1 N–H and O–H groups in total. The van der Waals surface area contributed by atoms with Gasteiger partial charge in [0.2, 0.25) is 0 Å². The van der Waals surface area contributed by atoms with E-state index in [1.165, 1.54) is 11.1 Å². The summed E-state index contributed by atoms with van der Waals surface area (Å²) in [5, 5.41) is 5.09. The fraction of sp³-hybridized carbons (Fsp3) is 0.267. The molecule has 98 valence electrons. The molecule has 2 nitrogen and oxygen atoms in total. The Morgan fingerprint density at radius 3 is 3.00 bits per heavy atom. The van der Waals surface area contributed by atoms with E-state index in [0.717, 1.165) is 27.7 Å². The molecule has 1 aromatic heterocycles. The quantitative estimate of drug-likeness (QED) is 0.776. The van der Waals surface area contributed by atoms with E-state index in [4.69, 9.17) is 0 Å². The molecule has 0 spiro atoms. The lowest BCUT2D eigenvalue weighted by Gasteiger charge is -2.26. The van der Waals surface area contributed by atoms with Crippen LogP contribution in [0.15, 0.2) is 35.7 Å². The van der Waals surface area contributed by atoms with Crippen molar-refractivity contribution in [1.82, 2.24) is 5.32 Å². The number of fused-ring (bicyclic) bond motifs is 1. The highest BCUT2D eigenvalue weighted by Gasteiger charge is 2.22. The summed E-state index contributed by atoms with van der Waals surface area (Å²) in [6.45, 7) is 0. The molecule has 1 atom stereocenters. The number of carbonyl (C=O) groups excluding carboxylic acids is 1. The van der Waals surface area contributed by atoms with Crippen molar-refractivity contribution in [1.29, 1.82) is 0 Å². The van der Waals surface area contributed by atoms with Crippen LogP contribution < -0.4 is 5.32 Å². The number of benzene rings is 1. The minimum absolute atomic E-state index is 0.0425. The Balaban J connectivity index is 1.79. The van der Waals surface area contributed by atoms with E-state index in [-0.39, 0.29) is 11.9 Å². The van der Waals surface area contributed by atoms with E-state index >= 15 is 0 Å². The summed E-state index contributed by atoms with van der Waals surface area (Å²) in [5.74, 6) is 0.0425. The molecule has 1 heterocycles. The monoisotopic (exact) mass is 383 g/mol. The number of hydrogen-bond donors (Lipinski definition) is 1. The average Bonchev–Trinajstić information content (AvgIpc) is 2.86. The summed E-state index contributed by atoms with van der Waals surface area (Å²) in [5.41, 5.74) is 3.43. The van der Waals surface area contributed by atoms with Gasteiger partial charge in [-0.1, -0.05) is 24.3 Å². The van der Waals surface area contributed by atoms with Crippen LogP contribution in [-0.4, -0.2) is 5.91 Å². The van der Waals surface area contributed by atoms with Crippen molar-refractivity contribution < 1.29 is 4.79 Å². The average molecular weight is 383 g/mol. The molecule has 1 aliphatic rings. The summed E-state index contributed by atoms with van der Waals surface area (Å²) < 4.78 is 1.15. The van der Waals surface area contributed by atoms with E-state index in [9.17, 15) is 4.79 Å². The van der Waals surface area contributed by atoms with Gasteiger partial charge in [0.15, 0.2) is 0 Å². The Hall–Kier alpha value is -0.880. The fourth-order valence-electron chi connectivity index (χ4n) is 2.57. The van der Waals surface area contributed by atoms with Gasteiger partial charge in [0, 0.05) is 5.38 Å². The predicted octanol–water partition coefficient (Wildman–Crippen LogP) is 4.16. The number of rotatable bonds is 2. The third-order valence-electron chi connectivity index (χ3n) is 3.50. The second-order valence-corrected chi connectivity index (χ2v) is 7.56. The maximum Gasteiger partial charge on any atom is 0.252 e. The van der Waals surface area contributed by atoms with Gasteiger partial charge in [0.1, 0.15) is 0 Å². The van der Waals surface area contributed by atoms with Gasteiger partial charge < -0.3 is 5.32 Å². The molecule has 0 saturated heterocycles. The highest BCUT2D eigenvalue weighted by atomic mass is 127. The predicted molar refractivity (Wildman–Crippen MR) is 86.6 cm³/mol. The standard InChI is InChI=1S/C15H14INOS/c16-14-8-11(9-19-14)15(18)17-13-7-3-5-10-4-1-2-6-12(10)13/h1-2,4,6,8-9,13H,3,5,7H2,(H,17,18). The maximum atomic E-state index is 12.2. The molecule has 1 unspecified atom stereocenters. The van der Waals surface area contributed by atoms with E-state index in [2.05, 4.69) is 52.2 Å². The molecular formula is C15H14INOS. The van der Waals surface area contributed by atoms with Crippen LogP contribution in [0.4, 0.5) is 0 Å². The first-order valence-corrected chi connectivity index (χ1v) is 8.32. The van der Waals surface area contributed by atoms with Gasteiger partial charge in [-0.25, -0.2) is 0 Å². The van der Waals surface area contributed by atoms with Crippen LogP contribution in [0, 0.1) is 2.88 Å². The maximum absolute atomic E-state index is 12.2. The van der Waals surface area contributed by atoms with Crippen molar-refractivity contribution in [3.8, 4) is 0 Å². The summed E-state index contributed by atoms with van der Waals surface area (Å²) in [4.78, 5) is 12.2. The highest BCUT2D eigenvalue weighted by Crippen LogP contribution is 2.29. The zero-order valence-electron chi connectivity index (χ0n) is 10.4. The molecule has 4 heteroatoms. The molecule has 0 aliphatic heterocycles. The Bertz CT molecular complexity index is 608. The number of nitrogens with one attached hydrogen (secondary N) is 1. The molecule has 1 aromatic carbocycles. The third-order valence-corrected chi connectivity index (χ3v) is 5.29. The number of aryl methyl sites for hydroxylation is 1. The molecule has 1 aliphatic carbocycles. The number of halogens is 1. The Labute approximate surface area is 130 Å². The Kier molecular flexibility index (Phi) is 3.88. The molecule has 0 radical (unpaired) electrons. The second kappa shape index (κ2) is 5.63. The van der Waals surface area contributed by atoms with E-state index in [1.807, 2.05) is 11.4 Å². The molecule has 0 bridgehead atoms. The minimum Gasteiger partial charge on any atom is -0.345 e. The molecule has 2 aromatic rings. The van der Waals surface area contributed by atoms with Gasteiger partial charge in [0.25, 0.3) is 5.91 Å². The van der Waals surface area contributed by atoms with Crippen LogP contribution in [0.3, 0.4) is 0 Å². The van der Waals surface area contributed by atoms with Gasteiger partial charge in [-0.05, 0) is 59.0 Å². The fourth-order valence-corrected chi connectivity index (χ4v) is 3.90. The van der Waals surface area contributed by atoms with E-state index in [1.54, 1.807) is 11.3 Å². The van der Waals surface area contributed by atoms with Crippen LogP contribution in [0.5, 0.6) is 0 Å². The van der Waals surface area contributed by atoms with Gasteiger partial charge in [-0.15, -0.1) is 11.3 Å². The first kappa shape index (κ1) is 13.1. The lowest BCUT2D eigenvalue weighted by Crippen LogP contribution is -2.30. The highest BCUT2D eigenvalue weighted by molar-refractivity contribution is 14.1. The Morgan fingerprint density at radius 1 is 1.37 bits per heavy atom. The van der Waals surface area contributed by atoms with Crippen LogP contribution in [0.1, 0.15) is 40.4 Å². The van der Waals surface area contributed by atoms with E-state index < -0.39 is 0 Å². The van der Waals surface area contributed by atoms with Crippen LogP contribution in [0.25, 0.3) is 0 Å². The number of hydrogen-bond acceptors (Lipinski definition) is 2. The number of carbonyl (C=O) groups is 1. The number of thiophene rings is 1. The minimum atomic E-state index is 0.0425. The lowest BCUT2D eigenvalue weighted by molar-refractivity contribution is 0.0933. The molecule has 0 saturated carbocycles. The number of amides is 1. The molecule has 0 fully saturated rings. The van der Waals surface area contributed by atoms with Crippen molar-refractivity contribution in [2.45, 2.75) is 25.3 Å². The summed E-state index contributed by atoms with van der Waals surface area (Å²) >= 11 is 3.85. The third kappa shape index (κ3) is 2.84. The van der Waals surface area contributed by atoms with Crippen molar-refractivity contribution >= 4 is 39.8 Å². The largest absolute Gasteiger partial charge is 0.345 e. The summed E-state index contributed by atoms with van der Waals surface area (Å²) in [6, 6.07) is 10.5. The first-order chi connectivity index (χ1) is 9.24. The van der Waals surface area contributed by atoms with Crippen LogP contribution in [-0.2, 0) is 6.42 Å². The van der Waals surface area contributed by atoms with Crippen molar-refractivity contribution in [3.63, 3.8) is 0 Å². The summed E-state index contributed by atoms with van der Waals surface area (Å²) in [7, 11) is 0. The molecule has 19 heavy (non-hydrogen) atoms. The SMILES string of the molecule is O=C(NC1CCCc2ccccc21)c1csc(I)c1. The summed E-state index contributed by atoms with van der Waals surface area (Å²) in [6.07, 6.45) is 3.30. The molecule has 1 amide bonds. The second-order valence-electron chi connectivity index (χ2n) is 4.76. The smallest absolute Gasteiger partial charge is 0.252 e. The Morgan fingerprint density at radius 2 is 2.21 bits per heavy atom. The zero-order chi connectivity index (χ0) is 13.2. The topological polar surface area (TPSA) is 29.1 Å². The lowest BCUT2D eigenvalue weighted by atomic mass is 9.87. The van der Waals surface area contributed by atoms with Crippen molar-refractivity contribution in [2.75, 3.05) is 0 Å². The van der Waals surface area contributed by atoms with Crippen LogP contribution in [0.2, 0.25) is 0 Å². The van der Waals surface area contributed by atoms with Crippen molar-refractivity contribution in [2.24, 2.45) is 0 Å². The van der Waals surface area contributed by atoms with Crippen molar-refractivity contribution in [3.05, 3.63) is 55.3 Å².